The fourth-order valence-corrected chi connectivity index (χ4v) is 3.94. The number of anilines is 1. The van der Waals surface area contributed by atoms with Gasteiger partial charge in [0.1, 0.15) is 12.2 Å². The molecule has 0 fully saturated rings. The van der Waals surface area contributed by atoms with Crippen molar-refractivity contribution in [2.45, 2.75) is 19.9 Å². The van der Waals surface area contributed by atoms with Gasteiger partial charge in [-0.25, -0.2) is 4.68 Å². The van der Waals surface area contributed by atoms with Crippen molar-refractivity contribution in [2.24, 2.45) is 0 Å². The molecule has 1 aliphatic heterocycles. The van der Waals surface area contributed by atoms with Crippen LogP contribution in [-0.4, -0.2) is 28.0 Å². The number of ketones is 1. The zero-order valence-corrected chi connectivity index (χ0v) is 15.5. The standard InChI is InChI=1S/C20H17N3O3S/c1-13(24)22-9-8-14-11-15(4-6-17(14)22)18(25)12-23-20(26)7-5-16(21-23)19-3-2-10-27-19/h2-7,10-11H,8-9,12H2,1H3. The Morgan fingerprint density at radius 2 is 2.04 bits per heavy atom. The van der Waals surface area contributed by atoms with E-state index in [1.54, 1.807) is 23.1 Å². The number of benzene rings is 1. The van der Waals surface area contributed by atoms with Gasteiger partial charge in [-0.2, -0.15) is 5.10 Å². The minimum Gasteiger partial charge on any atom is -0.312 e. The fraction of sp³-hybridized carbons (Fsp3) is 0.200. The van der Waals surface area contributed by atoms with E-state index in [0.717, 1.165) is 22.5 Å². The molecule has 3 heterocycles. The molecule has 1 aromatic carbocycles. The monoisotopic (exact) mass is 379 g/mol. The average Bonchev–Trinajstić information content (AvgIpc) is 3.32. The number of carbonyl (C=O) groups is 2. The summed E-state index contributed by atoms with van der Waals surface area (Å²) in [6.45, 7) is 2.05. The second kappa shape index (κ2) is 6.92. The normalized spacial score (nSPS) is 12.9. The van der Waals surface area contributed by atoms with Crippen LogP contribution in [0.3, 0.4) is 0 Å². The zero-order chi connectivity index (χ0) is 19.0. The van der Waals surface area contributed by atoms with Gasteiger partial charge in [-0.05, 0) is 47.7 Å². The van der Waals surface area contributed by atoms with Gasteiger partial charge in [0.25, 0.3) is 5.56 Å². The van der Waals surface area contributed by atoms with Crippen LogP contribution < -0.4 is 10.5 Å². The molecule has 0 atom stereocenters. The lowest BCUT2D eigenvalue weighted by atomic mass is 10.1. The summed E-state index contributed by atoms with van der Waals surface area (Å²) >= 11 is 1.53. The summed E-state index contributed by atoms with van der Waals surface area (Å²) in [7, 11) is 0. The molecule has 136 valence electrons. The SMILES string of the molecule is CC(=O)N1CCc2cc(C(=O)Cn3nc(-c4cccs4)ccc3=O)ccc21. The number of amides is 1. The summed E-state index contributed by atoms with van der Waals surface area (Å²) in [5, 5.41) is 6.27. The molecule has 27 heavy (non-hydrogen) atoms. The van der Waals surface area contributed by atoms with Gasteiger partial charge in [-0.15, -0.1) is 11.3 Å². The highest BCUT2D eigenvalue weighted by Gasteiger charge is 2.23. The lowest BCUT2D eigenvalue weighted by Gasteiger charge is -2.14. The Balaban J connectivity index is 1.59. The number of Topliss-reactive ketones (excluding diaryl/α,β-unsaturated/α-hetero) is 1. The molecule has 2 aromatic heterocycles. The third kappa shape index (κ3) is 3.33. The molecule has 6 nitrogen and oxygen atoms in total. The van der Waals surface area contributed by atoms with Crippen LogP contribution in [0.1, 0.15) is 22.8 Å². The fourth-order valence-electron chi connectivity index (χ4n) is 3.25. The number of thiophene rings is 1. The molecule has 0 aliphatic carbocycles. The first-order chi connectivity index (χ1) is 13.0. The summed E-state index contributed by atoms with van der Waals surface area (Å²) in [5.41, 5.74) is 2.71. The summed E-state index contributed by atoms with van der Waals surface area (Å²) < 4.78 is 1.20. The minimum absolute atomic E-state index is 0.00558. The number of hydrogen-bond acceptors (Lipinski definition) is 5. The Morgan fingerprint density at radius 1 is 1.19 bits per heavy atom. The van der Waals surface area contributed by atoms with E-state index in [-0.39, 0.29) is 23.8 Å². The van der Waals surface area contributed by atoms with E-state index in [4.69, 9.17) is 0 Å². The van der Waals surface area contributed by atoms with E-state index in [0.29, 0.717) is 17.8 Å². The lowest BCUT2D eigenvalue weighted by molar-refractivity contribution is -0.116. The minimum atomic E-state index is -0.312. The zero-order valence-electron chi connectivity index (χ0n) is 14.7. The van der Waals surface area contributed by atoms with Gasteiger partial charge in [-0.3, -0.25) is 14.4 Å². The van der Waals surface area contributed by atoms with E-state index in [2.05, 4.69) is 5.10 Å². The number of rotatable bonds is 4. The average molecular weight is 379 g/mol. The molecule has 0 radical (unpaired) electrons. The molecule has 0 bridgehead atoms. The summed E-state index contributed by atoms with van der Waals surface area (Å²) in [4.78, 5) is 39.1. The second-order valence-corrected chi connectivity index (χ2v) is 7.33. The Labute approximate surface area is 159 Å². The number of fused-ring (bicyclic) bond motifs is 1. The van der Waals surface area contributed by atoms with E-state index in [9.17, 15) is 14.4 Å². The van der Waals surface area contributed by atoms with Crippen LogP contribution in [-0.2, 0) is 17.8 Å². The molecule has 4 rings (SSSR count). The van der Waals surface area contributed by atoms with Gasteiger partial charge >= 0.3 is 0 Å². The molecule has 0 saturated carbocycles. The summed E-state index contributed by atoms with van der Waals surface area (Å²) in [6.07, 6.45) is 0.724. The maximum absolute atomic E-state index is 12.7. The van der Waals surface area contributed by atoms with Crippen LogP contribution in [0, 0.1) is 0 Å². The Kier molecular flexibility index (Phi) is 4.45. The number of hydrogen-bond donors (Lipinski definition) is 0. The van der Waals surface area contributed by atoms with Crippen molar-refractivity contribution in [3.05, 3.63) is 69.3 Å². The van der Waals surface area contributed by atoms with Crippen molar-refractivity contribution in [2.75, 3.05) is 11.4 Å². The van der Waals surface area contributed by atoms with Crippen LogP contribution in [0.4, 0.5) is 5.69 Å². The van der Waals surface area contributed by atoms with Crippen LogP contribution in [0.5, 0.6) is 0 Å². The molecular formula is C20H17N3O3S. The van der Waals surface area contributed by atoms with E-state index >= 15 is 0 Å². The quantitative estimate of drug-likeness (QED) is 0.654. The predicted molar refractivity (Wildman–Crippen MR) is 104 cm³/mol. The number of carbonyl (C=O) groups excluding carboxylic acids is 2. The molecule has 0 saturated heterocycles. The summed E-state index contributed by atoms with van der Waals surface area (Å²) in [6, 6.07) is 12.3. The van der Waals surface area contributed by atoms with Crippen LogP contribution in [0.2, 0.25) is 0 Å². The van der Waals surface area contributed by atoms with Crippen molar-refractivity contribution < 1.29 is 9.59 Å². The molecular weight excluding hydrogens is 362 g/mol. The van der Waals surface area contributed by atoms with Gasteiger partial charge in [0, 0.05) is 30.8 Å². The van der Waals surface area contributed by atoms with Gasteiger partial charge < -0.3 is 4.90 Å². The van der Waals surface area contributed by atoms with Gasteiger partial charge in [0.15, 0.2) is 5.78 Å². The van der Waals surface area contributed by atoms with Crippen LogP contribution in [0.15, 0.2) is 52.6 Å². The Hall–Kier alpha value is -3.06. The molecule has 1 aliphatic rings. The smallest absolute Gasteiger partial charge is 0.267 e. The largest absolute Gasteiger partial charge is 0.312 e. The van der Waals surface area contributed by atoms with E-state index < -0.39 is 0 Å². The first kappa shape index (κ1) is 17.4. The molecule has 0 unspecified atom stereocenters. The van der Waals surface area contributed by atoms with E-state index in [1.807, 2.05) is 23.6 Å². The van der Waals surface area contributed by atoms with Crippen molar-refractivity contribution in [1.82, 2.24) is 9.78 Å². The van der Waals surface area contributed by atoms with Crippen molar-refractivity contribution >= 4 is 28.7 Å². The number of aromatic nitrogens is 2. The highest BCUT2D eigenvalue weighted by molar-refractivity contribution is 7.13. The van der Waals surface area contributed by atoms with Gasteiger partial charge in [-0.1, -0.05) is 6.07 Å². The maximum Gasteiger partial charge on any atom is 0.267 e. The Bertz CT molecular complexity index is 1090. The third-order valence-corrected chi connectivity index (χ3v) is 5.50. The topological polar surface area (TPSA) is 72.3 Å². The van der Waals surface area contributed by atoms with Crippen LogP contribution in [0.25, 0.3) is 10.6 Å². The highest BCUT2D eigenvalue weighted by atomic mass is 32.1. The van der Waals surface area contributed by atoms with Crippen molar-refractivity contribution in [3.8, 4) is 10.6 Å². The first-order valence-electron chi connectivity index (χ1n) is 8.59. The van der Waals surface area contributed by atoms with Gasteiger partial charge in [0.05, 0.1) is 4.88 Å². The second-order valence-electron chi connectivity index (χ2n) is 6.38. The lowest BCUT2D eigenvalue weighted by Crippen LogP contribution is -2.26. The number of nitrogens with zero attached hydrogens (tertiary/aromatic N) is 3. The Morgan fingerprint density at radius 3 is 2.78 bits per heavy atom. The van der Waals surface area contributed by atoms with E-state index in [1.165, 1.54) is 29.0 Å². The van der Waals surface area contributed by atoms with Crippen LogP contribution >= 0.6 is 11.3 Å². The third-order valence-electron chi connectivity index (χ3n) is 4.61. The highest BCUT2D eigenvalue weighted by Crippen LogP contribution is 2.29. The molecule has 3 aromatic rings. The summed E-state index contributed by atoms with van der Waals surface area (Å²) in [5.74, 6) is -0.189. The maximum atomic E-state index is 12.7. The molecule has 0 spiro atoms. The van der Waals surface area contributed by atoms with Crippen molar-refractivity contribution in [3.63, 3.8) is 0 Å². The first-order valence-corrected chi connectivity index (χ1v) is 9.47. The molecule has 0 N–H and O–H groups in total. The molecule has 7 heteroatoms. The van der Waals surface area contributed by atoms with Gasteiger partial charge in [0.2, 0.25) is 5.91 Å². The van der Waals surface area contributed by atoms with Crippen molar-refractivity contribution in [1.29, 1.82) is 0 Å². The molecule has 1 amide bonds. The predicted octanol–water partition coefficient (Wildman–Crippen LogP) is 2.76.